The van der Waals surface area contributed by atoms with Crippen molar-refractivity contribution in [2.24, 2.45) is 0 Å². The van der Waals surface area contributed by atoms with Crippen molar-refractivity contribution in [2.75, 3.05) is 20.1 Å². The molecular weight excluding hydrogens is 375 g/mol. The molecule has 0 bridgehead atoms. The summed E-state index contributed by atoms with van der Waals surface area (Å²) in [5, 5.41) is 5.89. The van der Waals surface area contributed by atoms with Gasteiger partial charge in [-0.3, -0.25) is 4.79 Å². The van der Waals surface area contributed by atoms with E-state index in [1.54, 1.807) is 0 Å². The predicted molar refractivity (Wildman–Crippen MR) is 90.9 cm³/mol. The number of halogens is 2. The van der Waals surface area contributed by atoms with E-state index in [0.29, 0.717) is 13.0 Å². The van der Waals surface area contributed by atoms with Gasteiger partial charge in [0, 0.05) is 23.1 Å². The largest absolute Gasteiger partial charge is 0.355 e. The van der Waals surface area contributed by atoms with Crippen LogP contribution in [0.4, 0.5) is 0 Å². The molecule has 0 heterocycles. The van der Waals surface area contributed by atoms with E-state index in [1.807, 2.05) is 7.05 Å². The maximum absolute atomic E-state index is 11.4. The molecule has 2 N–H and O–H groups in total. The number of carbonyl (C=O) groups excluding carboxylic acids is 1. The molecule has 5 heteroatoms. The first-order valence-electron chi connectivity index (χ1n) is 6.38. The normalized spacial score (nSPS) is 9.79. The molecule has 0 atom stereocenters. The average Bonchev–Trinajstić information content (AvgIpc) is 2.37. The molecule has 1 rings (SSSR count). The van der Waals surface area contributed by atoms with Crippen LogP contribution in [0.2, 0.25) is 0 Å². The van der Waals surface area contributed by atoms with E-state index in [4.69, 9.17) is 0 Å². The van der Waals surface area contributed by atoms with Gasteiger partial charge < -0.3 is 10.6 Å². The van der Waals surface area contributed by atoms with Crippen LogP contribution in [-0.4, -0.2) is 26.0 Å². The van der Waals surface area contributed by atoms with Gasteiger partial charge in [-0.25, -0.2) is 0 Å². The summed E-state index contributed by atoms with van der Waals surface area (Å²) in [6.45, 7) is 1.54. The highest BCUT2D eigenvalue weighted by Crippen LogP contribution is 2.10. The molecule has 1 aromatic rings. The number of hydrogen-bond donors (Lipinski definition) is 2. The van der Waals surface area contributed by atoms with Gasteiger partial charge in [-0.1, -0.05) is 12.1 Å². The van der Waals surface area contributed by atoms with Crippen molar-refractivity contribution in [3.8, 4) is 0 Å². The van der Waals surface area contributed by atoms with E-state index in [1.165, 1.54) is 9.13 Å². The van der Waals surface area contributed by atoms with Crippen LogP contribution >= 0.6 is 35.0 Å². The van der Waals surface area contributed by atoms with Crippen molar-refractivity contribution in [1.29, 1.82) is 0 Å². The van der Waals surface area contributed by atoms with Gasteiger partial charge in [0.2, 0.25) is 5.91 Å². The molecule has 0 saturated heterocycles. The van der Waals surface area contributed by atoms with E-state index >= 15 is 0 Å². The Labute approximate surface area is 135 Å². The molecule has 0 aromatic heterocycles. The van der Waals surface area contributed by atoms with Gasteiger partial charge in [0.1, 0.15) is 0 Å². The molecule has 19 heavy (non-hydrogen) atoms. The van der Waals surface area contributed by atoms with Crippen LogP contribution in [0.1, 0.15) is 24.8 Å². The Hall–Kier alpha value is -0.330. The minimum Gasteiger partial charge on any atom is -0.355 e. The zero-order valence-corrected chi connectivity index (χ0v) is 14.2. The van der Waals surface area contributed by atoms with E-state index in [-0.39, 0.29) is 18.3 Å². The quantitative estimate of drug-likeness (QED) is 0.524. The number of likely N-dealkylation sites (N-methyl/N-ethyl adjacent to an activating group) is 1. The monoisotopic (exact) mass is 396 g/mol. The summed E-state index contributed by atoms with van der Waals surface area (Å²) in [6.07, 6.45) is 3.71. The lowest BCUT2D eigenvalue weighted by atomic mass is 10.1. The Balaban J connectivity index is 0.00000324. The van der Waals surface area contributed by atoms with Gasteiger partial charge in [0.15, 0.2) is 0 Å². The first kappa shape index (κ1) is 18.7. The van der Waals surface area contributed by atoms with E-state index in [0.717, 1.165) is 25.8 Å². The molecule has 3 nitrogen and oxygen atoms in total. The summed E-state index contributed by atoms with van der Waals surface area (Å²) < 4.78 is 1.26. The molecular formula is C14H22ClIN2O. The zero-order valence-electron chi connectivity index (χ0n) is 11.2. The number of hydrogen-bond acceptors (Lipinski definition) is 2. The molecule has 108 valence electrons. The maximum Gasteiger partial charge on any atom is 0.220 e. The molecule has 0 radical (unpaired) electrons. The molecule has 0 spiro atoms. The first-order chi connectivity index (χ1) is 8.72. The molecule has 0 aliphatic rings. The lowest BCUT2D eigenvalue weighted by Crippen LogP contribution is -2.30. The minimum absolute atomic E-state index is 0. The highest BCUT2D eigenvalue weighted by Gasteiger charge is 2.00. The van der Waals surface area contributed by atoms with Gasteiger partial charge in [-0.2, -0.15) is 0 Å². The van der Waals surface area contributed by atoms with Crippen molar-refractivity contribution in [3.05, 3.63) is 33.4 Å². The third kappa shape index (κ3) is 9.24. The van der Waals surface area contributed by atoms with Crippen molar-refractivity contribution in [1.82, 2.24) is 10.6 Å². The third-order valence-electron chi connectivity index (χ3n) is 2.73. The second kappa shape index (κ2) is 11.5. The second-order valence-corrected chi connectivity index (χ2v) is 5.53. The Morgan fingerprint density at radius 3 is 2.47 bits per heavy atom. The smallest absolute Gasteiger partial charge is 0.220 e. The highest BCUT2D eigenvalue weighted by molar-refractivity contribution is 14.1. The topological polar surface area (TPSA) is 41.1 Å². The van der Waals surface area contributed by atoms with Gasteiger partial charge in [-0.15, -0.1) is 12.4 Å². The average molecular weight is 397 g/mol. The predicted octanol–water partition coefficient (Wildman–Crippen LogP) is 2.76. The van der Waals surface area contributed by atoms with E-state index in [9.17, 15) is 4.79 Å². The fraction of sp³-hybridized carbons (Fsp3) is 0.500. The van der Waals surface area contributed by atoms with Crippen LogP contribution in [-0.2, 0) is 11.2 Å². The van der Waals surface area contributed by atoms with Crippen LogP contribution in [0.15, 0.2) is 24.3 Å². The second-order valence-electron chi connectivity index (χ2n) is 4.29. The summed E-state index contributed by atoms with van der Waals surface area (Å²) in [7, 11) is 1.88. The molecule has 1 amide bonds. The summed E-state index contributed by atoms with van der Waals surface area (Å²) >= 11 is 2.31. The number of amides is 1. The summed E-state index contributed by atoms with van der Waals surface area (Å²) in [4.78, 5) is 11.4. The van der Waals surface area contributed by atoms with Crippen molar-refractivity contribution < 1.29 is 4.79 Å². The van der Waals surface area contributed by atoms with Crippen LogP contribution in [0, 0.1) is 3.57 Å². The number of carbonyl (C=O) groups is 1. The number of aryl methyl sites for hydroxylation is 1. The van der Waals surface area contributed by atoms with Crippen molar-refractivity contribution in [2.45, 2.75) is 25.7 Å². The SMILES string of the molecule is CNCCNC(=O)CCCCc1ccc(I)cc1.Cl. The van der Waals surface area contributed by atoms with Gasteiger partial charge >= 0.3 is 0 Å². The Morgan fingerprint density at radius 1 is 1.16 bits per heavy atom. The third-order valence-corrected chi connectivity index (χ3v) is 3.45. The maximum atomic E-state index is 11.4. The molecule has 1 aromatic carbocycles. The molecule has 0 unspecified atom stereocenters. The van der Waals surface area contributed by atoms with E-state index in [2.05, 4.69) is 57.5 Å². The number of unbranched alkanes of at least 4 members (excludes halogenated alkanes) is 1. The fourth-order valence-corrected chi connectivity index (χ4v) is 2.04. The summed E-state index contributed by atoms with van der Waals surface area (Å²) in [6, 6.07) is 8.57. The fourth-order valence-electron chi connectivity index (χ4n) is 1.68. The number of nitrogens with one attached hydrogen (secondary N) is 2. The number of benzene rings is 1. The zero-order chi connectivity index (χ0) is 13.2. The lowest BCUT2D eigenvalue weighted by molar-refractivity contribution is -0.121. The summed E-state index contributed by atoms with van der Waals surface area (Å²) in [5.41, 5.74) is 1.35. The lowest BCUT2D eigenvalue weighted by Gasteiger charge is -2.05. The molecule has 0 aliphatic carbocycles. The van der Waals surface area contributed by atoms with Gasteiger partial charge in [0.05, 0.1) is 0 Å². The first-order valence-corrected chi connectivity index (χ1v) is 7.46. The van der Waals surface area contributed by atoms with Crippen LogP contribution in [0.5, 0.6) is 0 Å². The minimum atomic E-state index is 0. The van der Waals surface area contributed by atoms with Gasteiger partial charge in [-0.05, 0) is 66.6 Å². The van der Waals surface area contributed by atoms with Gasteiger partial charge in [0.25, 0.3) is 0 Å². The summed E-state index contributed by atoms with van der Waals surface area (Å²) in [5.74, 6) is 0.160. The highest BCUT2D eigenvalue weighted by atomic mass is 127. The van der Waals surface area contributed by atoms with Crippen LogP contribution < -0.4 is 10.6 Å². The Morgan fingerprint density at radius 2 is 1.84 bits per heavy atom. The number of rotatable bonds is 8. The van der Waals surface area contributed by atoms with Crippen molar-refractivity contribution >= 4 is 40.9 Å². The van der Waals surface area contributed by atoms with Crippen LogP contribution in [0.3, 0.4) is 0 Å². The Bertz CT molecular complexity index is 357. The standard InChI is InChI=1S/C14H21IN2O.ClH/c1-16-10-11-17-14(18)5-3-2-4-12-6-8-13(15)9-7-12;/h6-9,16H,2-5,10-11H2,1H3,(H,17,18);1H. The van der Waals surface area contributed by atoms with Crippen molar-refractivity contribution in [3.63, 3.8) is 0 Å². The van der Waals surface area contributed by atoms with Crippen LogP contribution in [0.25, 0.3) is 0 Å². The molecule has 0 fully saturated rings. The Kier molecular flexibility index (Phi) is 11.3. The molecule has 0 aliphatic heterocycles. The van der Waals surface area contributed by atoms with E-state index < -0.39 is 0 Å². The molecule has 0 saturated carbocycles.